The lowest BCUT2D eigenvalue weighted by atomic mass is 10.0. The average Bonchev–Trinajstić information content (AvgIpc) is 2.11. The van der Waals surface area contributed by atoms with Gasteiger partial charge in [-0.15, -0.1) is 6.58 Å². The summed E-state index contributed by atoms with van der Waals surface area (Å²) in [6.45, 7) is 19.4. The second-order valence-electron chi connectivity index (χ2n) is 5.86. The average molecular weight is 226 g/mol. The van der Waals surface area contributed by atoms with Crippen molar-refractivity contribution in [1.29, 1.82) is 0 Å². The van der Waals surface area contributed by atoms with Crippen molar-refractivity contribution in [1.82, 2.24) is 10.2 Å². The lowest BCUT2D eigenvalue weighted by Gasteiger charge is -2.39. The van der Waals surface area contributed by atoms with Crippen molar-refractivity contribution < 1.29 is 0 Å². The second-order valence-corrected chi connectivity index (χ2v) is 5.86. The molecule has 1 atom stereocenters. The van der Waals surface area contributed by atoms with E-state index in [4.69, 9.17) is 0 Å². The predicted octanol–water partition coefficient (Wildman–Crippen LogP) is 3.05. The molecule has 0 amide bonds. The maximum Gasteiger partial charge on any atom is 0.0168 e. The van der Waals surface area contributed by atoms with Gasteiger partial charge in [0.25, 0.3) is 0 Å². The Balaban J connectivity index is 4.17. The van der Waals surface area contributed by atoms with Crippen molar-refractivity contribution >= 4 is 0 Å². The largest absolute Gasteiger partial charge is 0.314 e. The number of nitrogens with one attached hydrogen (secondary N) is 1. The van der Waals surface area contributed by atoms with Crippen molar-refractivity contribution in [2.75, 3.05) is 13.1 Å². The van der Waals surface area contributed by atoms with Crippen LogP contribution in [0.5, 0.6) is 0 Å². The third-order valence-corrected chi connectivity index (χ3v) is 2.83. The molecule has 0 radical (unpaired) electrons. The first-order valence-electron chi connectivity index (χ1n) is 6.40. The maximum absolute atomic E-state index is 3.85. The maximum atomic E-state index is 3.85. The van der Waals surface area contributed by atoms with Crippen molar-refractivity contribution in [2.24, 2.45) is 0 Å². The quantitative estimate of drug-likeness (QED) is 0.671. The van der Waals surface area contributed by atoms with Crippen molar-refractivity contribution in [3.63, 3.8) is 0 Å². The Morgan fingerprint density at radius 2 is 1.81 bits per heavy atom. The lowest BCUT2D eigenvalue weighted by molar-refractivity contribution is 0.100. The minimum absolute atomic E-state index is 0.214. The Morgan fingerprint density at radius 3 is 2.19 bits per heavy atom. The van der Waals surface area contributed by atoms with E-state index in [2.05, 4.69) is 58.3 Å². The number of nitrogens with zero attached hydrogens (tertiary/aromatic N) is 1. The van der Waals surface area contributed by atoms with Gasteiger partial charge >= 0.3 is 0 Å². The van der Waals surface area contributed by atoms with Crippen LogP contribution in [0, 0.1) is 0 Å². The van der Waals surface area contributed by atoms with E-state index in [1.54, 1.807) is 0 Å². The molecule has 1 unspecified atom stereocenters. The van der Waals surface area contributed by atoms with E-state index >= 15 is 0 Å². The van der Waals surface area contributed by atoms with Gasteiger partial charge in [-0.25, -0.2) is 0 Å². The Bertz CT molecular complexity index is 191. The van der Waals surface area contributed by atoms with Crippen LogP contribution in [0.2, 0.25) is 0 Å². The van der Waals surface area contributed by atoms with Gasteiger partial charge in [-0.1, -0.05) is 19.9 Å². The Labute approximate surface area is 102 Å². The first-order chi connectivity index (χ1) is 7.29. The fourth-order valence-corrected chi connectivity index (χ4v) is 1.99. The summed E-state index contributed by atoms with van der Waals surface area (Å²) < 4.78 is 0. The highest BCUT2D eigenvalue weighted by molar-refractivity contribution is 4.86. The van der Waals surface area contributed by atoms with Crippen LogP contribution in [0.3, 0.4) is 0 Å². The SMILES string of the molecule is C=CCN(C(C)CCNC(C)C)C(C)(C)C. The van der Waals surface area contributed by atoms with Crippen LogP contribution in [0.4, 0.5) is 0 Å². The third-order valence-electron chi connectivity index (χ3n) is 2.83. The minimum atomic E-state index is 0.214. The molecule has 2 nitrogen and oxygen atoms in total. The van der Waals surface area contributed by atoms with Gasteiger partial charge in [0, 0.05) is 24.2 Å². The van der Waals surface area contributed by atoms with Gasteiger partial charge in [0.2, 0.25) is 0 Å². The molecule has 0 saturated heterocycles. The van der Waals surface area contributed by atoms with Crippen molar-refractivity contribution in [3.05, 3.63) is 12.7 Å². The Kier molecular flexibility index (Phi) is 6.93. The molecule has 0 aliphatic rings. The number of hydrogen-bond acceptors (Lipinski definition) is 2. The van der Waals surface area contributed by atoms with E-state index in [0.29, 0.717) is 12.1 Å². The minimum Gasteiger partial charge on any atom is -0.314 e. The summed E-state index contributed by atoms with van der Waals surface area (Å²) in [7, 11) is 0. The molecule has 2 heteroatoms. The van der Waals surface area contributed by atoms with Gasteiger partial charge < -0.3 is 5.32 Å². The molecule has 0 aromatic heterocycles. The molecule has 16 heavy (non-hydrogen) atoms. The van der Waals surface area contributed by atoms with Crippen LogP contribution in [0.25, 0.3) is 0 Å². The smallest absolute Gasteiger partial charge is 0.0168 e. The van der Waals surface area contributed by atoms with Gasteiger partial charge in [0.15, 0.2) is 0 Å². The van der Waals surface area contributed by atoms with Gasteiger partial charge in [-0.3, -0.25) is 4.90 Å². The summed E-state index contributed by atoms with van der Waals surface area (Å²) in [6, 6.07) is 1.17. The zero-order valence-corrected chi connectivity index (χ0v) is 12.0. The van der Waals surface area contributed by atoms with E-state index < -0.39 is 0 Å². The molecule has 0 bridgehead atoms. The molecule has 0 aromatic carbocycles. The highest BCUT2D eigenvalue weighted by Crippen LogP contribution is 2.18. The summed E-state index contributed by atoms with van der Waals surface area (Å²) in [5.74, 6) is 0. The molecule has 1 N–H and O–H groups in total. The van der Waals surface area contributed by atoms with Crippen molar-refractivity contribution in [3.8, 4) is 0 Å². The number of rotatable bonds is 7. The van der Waals surface area contributed by atoms with Gasteiger partial charge in [0.1, 0.15) is 0 Å². The van der Waals surface area contributed by atoms with Crippen LogP contribution in [-0.4, -0.2) is 35.6 Å². The Morgan fingerprint density at radius 1 is 1.25 bits per heavy atom. The standard InChI is InChI=1S/C14H30N2/c1-8-11-16(14(5,6)7)13(4)9-10-15-12(2)3/h8,12-13,15H,1,9-11H2,2-7H3. The monoisotopic (exact) mass is 226 g/mol. The van der Waals surface area contributed by atoms with Gasteiger partial charge in [-0.2, -0.15) is 0 Å². The van der Waals surface area contributed by atoms with Crippen LogP contribution in [0.15, 0.2) is 12.7 Å². The second kappa shape index (κ2) is 7.08. The van der Waals surface area contributed by atoms with Crippen LogP contribution in [0.1, 0.15) is 48.0 Å². The Hall–Kier alpha value is -0.340. The summed E-state index contributed by atoms with van der Waals surface area (Å²) in [5.41, 5.74) is 0.214. The van der Waals surface area contributed by atoms with E-state index in [1.807, 2.05) is 6.08 Å². The molecule has 0 aliphatic carbocycles. The first kappa shape index (κ1) is 15.7. The molecule has 0 aliphatic heterocycles. The molecule has 96 valence electrons. The molecule has 0 heterocycles. The fourth-order valence-electron chi connectivity index (χ4n) is 1.99. The van der Waals surface area contributed by atoms with E-state index in [-0.39, 0.29) is 5.54 Å². The first-order valence-corrected chi connectivity index (χ1v) is 6.40. The summed E-state index contributed by atoms with van der Waals surface area (Å²) in [6.07, 6.45) is 3.18. The molecule has 0 fully saturated rings. The number of hydrogen-bond donors (Lipinski definition) is 1. The van der Waals surface area contributed by atoms with Crippen LogP contribution in [-0.2, 0) is 0 Å². The van der Waals surface area contributed by atoms with Crippen molar-refractivity contribution in [2.45, 2.75) is 65.6 Å². The van der Waals surface area contributed by atoms with E-state index in [1.165, 1.54) is 6.42 Å². The summed E-state index contributed by atoms with van der Waals surface area (Å²) >= 11 is 0. The topological polar surface area (TPSA) is 15.3 Å². The molecule has 0 saturated carbocycles. The normalized spacial score (nSPS) is 14.5. The predicted molar refractivity (Wildman–Crippen MR) is 73.9 cm³/mol. The van der Waals surface area contributed by atoms with Crippen LogP contribution < -0.4 is 5.32 Å². The molecule has 0 rings (SSSR count). The highest BCUT2D eigenvalue weighted by Gasteiger charge is 2.24. The molecular weight excluding hydrogens is 196 g/mol. The molecule has 0 aromatic rings. The summed E-state index contributed by atoms with van der Waals surface area (Å²) in [5, 5.41) is 3.47. The third kappa shape index (κ3) is 6.29. The van der Waals surface area contributed by atoms with E-state index in [0.717, 1.165) is 13.1 Å². The molecule has 0 spiro atoms. The highest BCUT2D eigenvalue weighted by atomic mass is 15.2. The van der Waals surface area contributed by atoms with Crippen LogP contribution >= 0.6 is 0 Å². The van der Waals surface area contributed by atoms with Gasteiger partial charge in [0.05, 0.1) is 0 Å². The summed E-state index contributed by atoms with van der Waals surface area (Å²) in [4.78, 5) is 2.50. The fraction of sp³-hybridized carbons (Fsp3) is 0.857. The molecular formula is C14H30N2. The van der Waals surface area contributed by atoms with E-state index in [9.17, 15) is 0 Å². The van der Waals surface area contributed by atoms with Gasteiger partial charge in [-0.05, 0) is 40.7 Å². The zero-order valence-electron chi connectivity index (χ0n) is 12.0. The lowest BCUT2D eigenvalue weighted by Crippen LogP contribution is -2.48. The zero-order chi connectivity index (χ0) is 12.8.